The van der Waals surface area contributed by atoms with Crippen molar-refractivity contribution in [3.8, 4) is 5.75 Å². The van der Waals surface area contributed by atoms with Gasteiger partial charge in [-0.3, -0.25) is 0 Å². The third-order valence-corrected chi connectivity index (χ3v) is 2.52. The van der Waals surface area contributed by atoms with Crippen molar-refractivity contribution in [2.24, 2.45) is 0 Å². The van der Waals surface area contributed by atoms with Crippen molar-refractivity contribution in [1.82, 2.24) is 5.32 Å². The molecule has 4 nitrogen and oxygen atoms in total. The van der Waals surface area contributed by atoms with Crippen LogP contribution in [0.3, 0.4) is 0 Å². The molecule has 17 heavy (non-hydrogen) atoms. The van der Waals surface area contributed by atoms with Gasteiger partial charge in [0.15, 0.2) is 0 Å². The Labute approximate surface area is 103 Å². The SMILES string of the molecule is CNC(C)c1cccc(OCCOCCO)c1. The summed E-state index contributed by atoms with van der Waals surface area (Å²) >= 11 is 0. The highest BCUT2D eigenvalue weighted by Crippen LogP contribution is 2.18. The van der Waals surface area contributed by atoms with Crippen LogP contribution in [0.1, 0.15) is 18.5 Å². The van der Waals surface area contributed by atoms with Gasteiger partial charge in [-0.1, -0.05) is 12.1 Å². The van der Waals surface area contributed by atoms with Gasteiger partial charge in [0.1, 0.15) is 12.4 Å². The molecule has 0 radical (unpaired) electrons. The third kappa shape index (κ3) is 5.17. The van der Waals surface area contributed by atoms with E-state index < -0.39 is 0 Å². The Morgan fingerprint density at radius 2 is 2.12 bits per heavy atom. The van der Waals surface area contributed by atoms with Crippen molar-refractivity contribution >= 4 is 0 Å². The predicted octanol–water partition coefficient (Wildman–Crippen LogP) is 1.35. The molecule has 96 valence electrons. The molecule has 1 rings (SSSR count). The van der Waals surface area contributed by atoms with E-state index >= 15 is 0 Å². The van der Waals surface area contributed by atoms with E-state index in [1.165, 1.54) is 5.56 Å². The molecule has 4 heteroatoms. The maximum atomic E-state index is 8.53. The molecule has 0 spiro atoms. The number of hydrogen-bond acceptors (Lipinski definition) is 4. The summed E-state index contributed by atoms with van der Waals surface area (Å²) in [5.74, 6) is 0.845. The van der Waals surface area contributed by atoms with Crippen LogP contribution >= 0.6 is 0 Å². The van der Waals surface area contributed by atoms with Crippen LogP contribution in [0.5, 0.6) is 5.75 Å². The van der Waals surface area contributed by atoms with Gasteiger partial charge in [-0.05, 0) is 31.7 Å². The largest absolute Gasteiger partial charge is 0.491 e. The lowest BCUT2D eigenvalue weighted by Gasteiger charge is -2.12. The van der Waals surface area contributed by atoms with E-state index in [9.17, 15) is 0 Å². The van der Waals surface area contributed by atoms with E-state index in [0.29, 0.717) is 25.9 Å². The number of aliphatic hydroxyl groups is 1. The molecule has 1 atom stereocenters. The van der Waals surface area contributed by atoms with Crippen molar-refractivity contribution in [2.75, 3.05) is 33.5 Å². The standard InChI is InChI=1S/C13H21NO3/c1-11(14-2)12-4-3-5-13(10-12)17-9-8-16-7-6-15/h3-5,10-11,14-15H,6-9H2,1-2H3. The summed E-state index contributed by atoms with van der Waals surface area (Å²) in [6, 6.07) is 8.30. The van der Waals surface area contributed by atoms with Crippen LogP contribution in [-0.2, 0) is 4.74 Å². The van der Waals surface area contributed by atoms with Crippen molar-refractivity contribution in [2.45, 2.75) is 13.0 Å². The highest BCUT2D eigenvalue weighted by molar-refractivity contribution is 5.30. The van der Waals surface area contributed by atoms with Crippen LogP contribution in [0, 0.1) is 0 Å². The highest BCUT2D eigenvalue weighted by Gasteiger charge is 2.03. The van der Waals surface area contributed by atoms with E-state index in [0.717, 1.165) is 5.75 Å². The minimum absolute atomic E-state index is 0.0508. The molecule has 2 N–H and O–H groups in total. The molecule has 0 saturated heterocycles. The number of aliphatic hydroxyl groups excluding tert-OH is 1. The van der Waals surface area contributed by atoms with E-state index in [-0.39, 0.29) is 6.61 Å². The molecule has 0 heterocycles. The Morgan fingerprint density at radius 3 is 2.82 bits per heavy atom. The zero-order chi connectivity index (χ0) is 12.5. The first kappa shape index (κ1) is 14.0. The molecular weight excluding hydrogens is 218 g/mol. The van der Waals surface area contributed by atoms with Gasteiger partial charge in [-0.15, -0.1) is 0 Å². The van der Waals surface area contributed by atoms with Crippen molar-refractivity contribution in [3.63, 3.8) is 0 Å². The van der Waals surface area contributed by atoms with E-state index in [1.54, 1.807) is 0 Å². The molecular formula is C13H21NO3. The van der Waals surface area contributed by atoms with Gasteiger partial charge in [0, 0.05) is 6.04 Å². The highest BCUT2D eigenvalue weighted by atomic mass is 16.5. The molecule has 0 aliphatic heterocycles. The molecule has 0 fully saturated rings. The smallest absolute Gasteiger partial charge is 0.119 e. The molecule has 0 aromatic heterocycles. The summed E-state index contributed by atoms with van der Waals surface area (Å²) in [5.41, 5.74) is 1.20. The Bertz CT molecular complexity index is 317. The monoisotopic (exact) mass is 239 g/mol. The van der Waals surface area contributed by atoms with Gasteiger partial charge in [-0.2, -0.15) is 0 Å². The van der Waals surface area contributed by atoms with Gasteiger partial charge >= 0.3 is 0 Å². The molecule has 0 aliphatic carbocycles. The first-order valence-corrected chi connectivity index (χ1v) is 5.86. The Hall–Kier alpha value is -1.10. The average Bonchev–Trinajstić information content (AvgIpc) is 2.38. The van der Waals surface area contributed by atoms with Gasteiger partial charge < -0.3 is 19.9 Å². The third-order valence-electron chi connectivity index (χ3n) is 2.52. The second-order valence-corrected chi connectivity index (χ2v) is 3.77. The maximum Gasteiger partial charge on any atom is 0.119 e. The minimum atomic E-state index is 0.0508. The van der Waals surface area contributed by atoms with Gasteiger partial charge in [-0.25, -0.2) is 0 Å². The van der Waals surface area contributed by atoms with Gasteiger partial charge in [0.05, 0.1) is 19.8 Å². The van der Waals surface area contributed by atoms with E-state index in [4.69, 9.17) is 14.6 Å². The second-order valence-electron chi connectivity index (χ2n) is 3.77. The number of nitrogens with one attached hydrogen (secondary N) is 1. The first-order valence-electron chi connectivity index (χ1n) is 5.86. The van der Waals surface area contributed by atoms with Crippen LogP contribution in [0.4, 0.5) is 0 Å². The zero-order valence-electron chi connectivity index (χ0n) is 10.5. The van der Waals surface area contributed by atoms with E-state index in [1.807, 2.05) is 25.2 Å². The summed E-state index contributed by atoms with van der Waals surface area (Å²) in [7, 11) is 1.93. The lowest BCUT2D eigenvalue weighted by molar-refractivity contribution is 0.0705. The normalized spacial score (nSPS) is 12.4. The molecule has 0 aliphatic rings. The van der Waals surface area contributed by atoms with Crippen molar-refractivity contribution in [3.05, 3.63) is 29.8 Å². The minimum Gasteiger partial charge on any atom is -0.491 e. The van der Waals surface area contributed by atoms with Crippen LogP contribution in [0.2, 0.25) is 0 Å². The second kappa shape index (κ2) is 8.06. The Balaban J connectivity index is 2.38. The summed E-state index contributed by atoms with van der Waals surface area (Å²) < 4.78 is 10.7. The molecule has 1 aromatic rings. The fraction of sp³-hybridized carbons (Fsp3) is 0.538. The van der Waals surface area contributed by atoms with Crippen LogP contribution < -0.4 is 10.1 Å². The van der Waals surface area contributed by atoms with Crippen molar-refractivity contribution < 1.29 is 14.6 Å². The van der Waals surface area contributed by atoms with Gasteiger partial charge in [0.25, 0.3) is 0 Å². The molecule has 1 unspecified atom stereocenters. The van der Waals surface area contributed by atoms with Crippen LogP contribution in [-0.4, -0.2) is 38.6 Å². The van der Waals surface area contributed by atoms with Crippen LogP contribution in [0.25, 0.3) is 0 Å². The molecule has 0 amide bonds. The number of ether oxygens (including phenoxy) is 2. The lowest BCUT2D eigenvalue weighted by atomic mass is 10.1. The number of rotatable bonds is 8. The summed E-state index contributed by atoms with van der Waals surface area (Å²) in [4.78, 5) is 0. The van der Waals surface area contributed by atoms with E-state index in [2.05, 4.69) is 18.3 Å². The first-order chi connectivity index (χ1) is 8.27. The fourth-order valence-corrected chi connectivity index (χ4v) is 1.43. The number of hydrogen-bond donors (Lipinski definition) is 2. The Kier molecular flexibility index (Phi) is 6.62. The maximum absolute atomic E-state index is 8.53. The van der Waals surface area contributed by atoms with Crippen molar-refractivity contribution in [1.29, 1.82) is 0 Å². The zero-order valence-corrected chi connectivity index (χ0v) is 10.5. The number of benzene rings is 1. The molecule has 1 aromatic carbocycles. The fourth-order valence-electron chi connectivity index (χ4n) is 1.43. The summed E-state index contributed by atoms with van der Waals surface area (Å²) in [6.45, 7) is 3.50. The molecule has 0 saturated carbocycles. The quantitative estimate of drug-likeness (QED) is 0.672. The summed E-state index contributed by atoms with van der Waals surface area (Å²) in [5, 5.41) is 11.7. The summed E-state index contributed by atoms with van der Waals surface area (Å²) in [6.07, 6.45) is 0. The predicted molar refractivity (Wildman–Crippen MR) is 67.3 cm³/mol. The lowest BCUT2D eigenvalue weighted by Crippen LogP contribution is -2.13. The van der Waals surface area contributed by atoms with Gasteiger partial charge in [0.2, 0.25) is 0 Å². The Morgan fingerprint density at radius 1 is 1.29 bits per heavy atom. The van der Waals surface area contributed by atoms with Crippen LogP contribution in [0.15, 0.2) is 24.3 Å². The topological polar surface area (TPSA) is 50.7 Å². The molecule has 0 bridgehead atoms. The average molecular weight is 239 g/mol.